The van der Waals surface area contributed by atoms with Gasteiger partial charge in [-0.3, -0.25) is 0 Å². The Hall–Kier alpha value is -2.50. The molecule has 0 aromatic heterocycles. The van der Waals surface area contributed by atoms with Gasteiger partial charge in [0, 0.05) is 0 Å². The SMILES string of the molecule is CN1C(=O)NNC2=C1c1cc([As]C3CNC3)c(-c3cccc(F)c3)cc1OC2. The van der Waals surface area contributed by atoms with Crippen molar-refractivity contribution < 1.29 is 13.9 Å². The van der Waals surface area contributed by atoms with E-state index in [4.69, 9.17) is 4.74 Å². The molecule has 0 unspecified atom stereocenters. The summed E-state index contributed by atoms with van der Waals surface area (Å²) >= 11 is -0.106. The van der Waals surface area contributed by atoms with E-state index >= 15 is 0 Å². The second-order valence-corrected chi connectivity index (χ2v) is 10.1. The summed E-state index contributed by atoms with van der Waals surface area (Å²) in [6.07, 6.45) is 0. The van der Waals surface area contributed by atoms with Crippen molar-refractivity contribution in [2.24, 2.45) is 0 Å². The van der Waals surface area contributed by atoms with Crippen LogP contribution in [0.2, 0.25) is 4.71 Å². The van der Waals surface area contributed by atoms with Crippen LogP contribution in [0.25, 0.3) is 16.8 Å². The van der Waals surface area contributed by atoms with Crippen molar-refractivity contribution in [3.05, 3.63) is 53.5 Å². The molecule has 3 aliphatic heterocycles. The molecule has 3 aliphatic rings. The molecule has 0 aliphatic carbocycles. The Labute approximate surface area is 168 Å². The molecule has 1 saturated heterocycles. The first-order chi connectivity index (χ1) is 13.6. The average Bonchev–Trinajstić information content (AvgIpc) is 2.66. The van der Waals surface area contributed by atoms with E-state index in [0.29, 0.717) is 11.3 Å². The van der Waals surface area contributed by atoms with E-state index in [0.717, 1.165) is 46.9 Å². The maximum absolute atomic E-state index is 13.9. The molecular weight excluding hydrogens is 422 g/mol. The predicted molar refractivity (Wildman–Crippen MR) is 106 cm³/mol. The van der Waals surface area contributed by atoms with Crippen molar-refractivity contribution in [1.29, 1.82) is 0 Å². The number of nitrogens with one attached hydrogen (secondary N) is 3. The van der Waals surface area contributed by atoms with Crippen molar-refractivity contribution in [2.45, 2.75) is 4.71 Å². The Bertz CT molecular complexity index is 1010. The molecule has 8 heteroatoms. The molecule has 0 atom stereocenters. The number of carbonyl (C=O) groups is 1. The monoisotopic (exact) mass is 441 g/mol. The minimum atomic E-state index is -0.249. The Kier molecular flexibility index (Phi) is 4.29. The van der Waals surface area contributed by atoms with E-state index in [2.05, 4.69) is 22.2 Å². The van der Waals surface area contributed by atoms with E-state index < -0.39 is 0 Å². The van der Waals surface area contributed by atoms with Crippen LogP contribution in [0.15, 0.2) is 42.1 Å². The van der Waals surface area contributed by atoms with E-state index in [1.807, 2.05) is 12.1 Å². The Morgan fingerprint density at radius 1 is 1.18 bits per heavy atom. The van der Waals surface area contributed by atoms with Crippen LogP contribution >= 0.6 is 0 Å². The second-order valence-electron chi connectivity index (χ2n) is 7.05. The van der Waals surface area contributed by atoms with Gasteiger partial charge < -0.3 is 0 Å². The molecule has 1 radical (unpaired) electrons. The van der Waals surface area contributed by atoms with Crippen LogP contribution in [-0.4, -0.2) is 53.4 Å². The summed E-state index contributed by atoms with van der Waals surface area (Å²) in [4.78, 5) is 13.7. The second kappa shape index (κ2) is 6.83. The van der Waals surface area contributed by atoms with Gasteiger partial charge in [-0.1, -0.05) is 0 Å². The van der Waals surface area contributed by atoms with Crippen LogP contribution in [-0.2, 0) is 0 Å². The summed E-state index contributed by atoms with van der Waals surface area (Å²) in [6.45, 7) is 2.39. The van der Waals surface area contributed by atoms with Crippen molar-refractivity contribution in [3.8, 4) is 16.9 Å². The third-order valence-electron chi connectivity index (χ3n) is 5.19. The number of hydrogen-bond acceptors (Lipinski definition) is 4. The molecule has 5 rings (SSSR count). The fourth-order valence-electron chi connectivity index (χ4n) is 3.60. The van der Waals surface area contributed by atoms with Crippen molar-refractivity contribution in [1.82, 2.24) is 21.1 Å². The van der Waals surface area contributed by atoms with Gasteiger partial charge in [-0.15, -0.1) is 0 Å². The first-order valence-corrected chi connectivity index (χ1v) is 11.1. The summed E-state index contributed by atoms with van der Waals surface area (Å²) in [7, 11) is 1.75. The Morgan fingerprint density at radius 3 is 2.79 bits per heavy atom. The van der Waals surface area contributed by atoms with Crippen LogP contribution < -0.4 is 25.3 Å². The number of carbonyl (C=O) groups excluding carboxylic acids is 1. The molecule has 143 valence electrons. The van der Waals surface area contributed by atoms with Crippen molar-refractivity contribution >= 4 is 31.8 Å². The van der Waals surface area contributed by atoms with Crippen molar-refractivity contribution in [2.75, 3.05) is 26.7 Å². The van der Waals surface area contributed by atoms with Gasteiger partial charge in [0.25, 0.3) is 0 Å². The van der Waals surface area contributed by atoms with E-state index in [9.17, 15) is 9.18 Å². The van der Waals surface area contributed by atoms with Crippen LogP contribution in [0.4, 0.5) is 9.18 Å². The number of halogens is 1. The van der Waals surface area contributed by atoms with Crippen molar-refractivity contribution in [3.63, 3.8) is 0 Å². The maximum atomic E-state index is 13.9. The van der Waals surface area contributed by atoms with Gasteiger partial charge in [-0.25, -0.2) is 0 Å². The Balaban J connectivity index is 1.66. The summed E-state index contributed by atoms with van der Waals surface area (Å²) in [5, 5.41) is 3.33. The molecule has 2 aromatic rings. The van der Waals surface area contributed by atoms with Gasteiger partial charge in [0.15, 0.2) is 0 Å². The number of nitrogens with zero attached hydrogens (tertiary/aromatic N) is 1. The summed E-state index contributed by atoms with van der Waals surface area (Å²) in [5.74, 6) is 0.472. The molecule has 0 saturated carbocycles. The minimum absolute atomic E-state index is 0.106. The molecular formula is C20H19AsFN4O2. The molecule has 0 bridgehead atoms. The summed E-state index contributed by atoms with van der Waals surface area (Å²) in [6, 6.07) is 10.6. The molecule has 3 heterocycles. The first-order valence-electron chi connectivity index (χ1n) is 9.12. The van der Waals surface area contributed by atoms with E-state index in [-0.39, 0.29) is 27.6 Å². The quantitative estimate of drug-likeness (QED) is 0.631. The standard InChI is InChI=1S/C20H19AsFN4O2/c1-26-19-15-6-16(21-12-8-23-9-12)14(11-3-2-4-13(22)5-11)7-18(15)28-10-17(19)24-25-20(26)27/h2-7,12,23-24H,8-10H2,1H3,(H,25,27). The number of amides is 2. The molecule has 2 amide bonds. The molecule has 6 nitrogen and oxygen atoms in total. The van der Waals surface area contributed by atoms with Gasteiger partial charge in [0.05, 0.1) is 0 Å². The van der Waals surface area contributed by atoms with Gasteiger partial charge in [0.1, 0.15) is 0 Å². The van der Waals surface area contributed by atoms with Gasteiger partial charge in [-0.05, 0) is 0 Å². The number of rotatable bonds is 3. The number of hydrogen-bond donors (Lipinski definition) is 3. The fourth-order valence-corrected chi connectivity index (χ4v) is 6.48. The number of ether oxygens (including phenoxy) is 1. The molecule has 2 aromatic carbocycles. The number of hydrazine groups is 1. The number of urea groups is 1. The zero-order valence-electron chi connectivity index (χ0n) is 15.3. The molecule has 28 heavy (non-hydrogen) atoms. The Morgan fingerprint density at radius 2 is 2.04 bits per heavy atom. The van der Waals surface area contributed by atoms with Crippen LogP contribution in [0, 0.1) is 5.82 Å². The van der Waals surface area contributed by atoms with Crippen LogP contribution in [0.5, 0.6) is 5.75 Å². The third-order valence-corrected chi connectivity index (χ3v) is 8.08. The van der Waals surface area contributed by atoms with Gasteiger partial charge in [-0.2, -0.15) is 0 Å². The predicted octanol–water partition coefficient (Wildman–Crippen LogP) is 1.43. The third kappa shape index (κ3) is 2.95. The summed E-state index contributed by atoms with van der Waals surface area (Å²) in [5.41, 5.74) is 10.0. The molecule has 1 fully saturated rings. The summed E-state index contributed by atoms with van der Waals surface area (Å²) < 4.78 is 21.7. The number of benzene rings is 2. The van der Waals surface area contributed by atoms with Crippen LogP contribution in [0.3, 0.4) is 0 Å². The normalized spacial score (nSPS) is 18.9. The van der Waals surface area contributed by atoms with Gasteiger partial charge >= 0.3 is 169 Å². The average molecular weight is 441 g/mol. The number of fused-ring (bicyclic) bond motifs is 2. The zero-order valence-corrected chi connectivity index (χ0v) is 17.1. The first kappa shape index (κ1) is 17.6. The molecule has 0 spiro atoms. The topological polar surface area (TPSA) is 65.6 Å². The van der Waals surface area contributed by atoms with Crippen LogP contribution in [0.1, 0.15) is 5.56 Å². The van der Waals surface area contributed by atoms with E-state index in [1.54, 1.807) is 24.1 Å². The van der Waals surface area contributed by atoms with Gasteiger partial charge in [0.2, 0.25) is 0 Å². The van der Waals surface area contributed by atoms with E-state index in [1.165, 1.54) is 10.4 Å². The fraction of sp³-hybridized carbons (Fsp3) is 0.250. The molecule has 3 N–H and O–H groups in total. The zero-order chi connectivity index (χ0) is 19.3.